The van der Waals surface area contributed by atoms with Crippen molar-refractivity contribution >= 4 is 11.8 Å². The summed E-state index contributed by atoms with van der Waals surface area (Å²) in [6.07, 6.45) is 3.80. The highest BCUT2D eigenvalue weighted by Crippen LogP contribution is 2.19. The highest BCUT2D eigenvalue weighted by Gasteiger charge is 2.22. The van der Waals surface area contributed by atoms with Gasteiger partial charge in [0.1, 0.15) is 5.82 Å². The summed E-state index contributed by atoms with van der Waals surface area (Å²) in [5.74, 6) is 0.378. The van der Waals surface area contributed by atoms with Crippen LogP contribution in [0.5, 0.6) is 0 Å². The minimum atomic E-state index is -0.501. The fourth-order valence-corrected chi connectivity index (χ4v) is 2.30. The first-order chi connectivity index (χ1) is 9.11. The first-order valence-corrected chi connectivity index (χ1v) is 6.44. The maximum absolute atomic E-state index is 11.4. The smallest absolute Gasteiger partial charge is 0.376 e. The summed E-state index contributed by atoms with van der Waals surface area (Å²) in [4.78, 5) is 24.1. The number of hydrogen-bond donors (Lipinski definition) is 0. The molecule has 1 aliphatic heterocycles. The van der Waals surface area contributed by atoms with Crippen molar-refractivity contribution in [3.63, 3.8) is 0 Å². The lowest BCUT2D eigenvalue weighted by Gasteiger charge is -2.35. The van der Waals surface area contributed by atoms with Gasteiger partial charge in [-0.3, -0.25) is 0 Å². The van der Waals surface area contributed by atoms with Crippen LogP contribution in [0.2, 0.25) is 0 Å². The Morgan fingerprint density at radius 1 is 1.47 bits per heavy atom. The molecule has 1 saturated heterocycles. The van der Waals surface area contributed by atoms with E-state index in [1.54, 1.807) is 6.20 Å². The molecule has 0 radical (unpaired) electrons. The molecule has 104 valence electrons. The van der Waals surface area contributed by atoms with Crippen molar-refractivity contribution in [1.82, 2.24) is 14.9 Å². The van der Waals surface area contributed by atoms with Gasteiger partial charge < -0.3 is 14.5 Å². The molecule has 1 aromatic heterocycles. The Kier molecular flexibility index (Phi) is 4.31. The Bertz CT molecular complexity index is 444. The van der Waals surface area contributed by atoms with Crippen LogP contribution in [-0.4, -0.2) is 61.2 Å². The van der Waals surface area contributed by atoms with E-state index in [1.165, 1.54) is 7.11 Å². The van der Waals surface area contributed by atoms with Crippen molar-refractivity contribution in [3.8, 4) is 0 Å². The number of rotatable bonds is 3. The number of ether oxygens (including phenoxy) is 1. The Hall–Kier alpha value is -1.69. The van der Waals surface area contributed by atoms with Gasteiger partial charge in [-0.2, -0.15) is 0 Å². The van der Waals surface area contributed by atoms with E-state index in [2.05, 4.69) is 31.6 Å². The first kappa shape index (κ1) is 13.7. The third-order valence-corrected chi connectivity index (χ3v) is 3.61. The van der Waals surface area contributed by atoms with Gasteiger partial charge in [0.25, 0.3) is 0 Å². The first-order valence-electron chi connectivity index (χ1n) is 6.44. The summed E-state index contributed by atoms with van der Waals surface area (Å²) in [7, 11) is 5.48. The molecule has 0 N–H and O–H groups in total. The monoisotopic (exact) mass is 264 g/mol. The van der Waals surface area contributed by atoms with E-state index in [0.717, 1.165) is 31.7 Å². The second kappa shape index (κ2) is 5.97. The SMILES string of the molecule is COC(=O)c1nccc(N(C)C2CCN(C)CC2)n1. The van der Waals surface area contributed by atoms with Crippen LogP contribution in [0.3, 0.4) is 0 Å². The highest BCUT2D eigenvalue weighted by molar-refractivity contribution is 5.85. The van der Waals surface area contributed by atoms with E-state index in [0.29, 0.717) is 6.04 Å². The number of carbonyl (C=O) groups excluding carboxylic acids is 1. The average Bonchev–Trinajstić information content (AvgIpc) is 2.46. The van der Waals surface area contributed by atoms with Gasteiger partial charge in [0, 0.05) is 19.3 Å². The van der Waals surface area contributed by atoms with Crippen LogP contribution in [0.1, 0.15) is 23.5 Å². The summed E-state index contributed by atoms with van der Waals surface area (Å²) in [5.41, 5.74) is 0. The van der Waals surface area contributed by atoms with Crippen LogP contribution in [0.25, 0.3) is 0 Å². The number of piperidine rings is 1. The lowest BCUT2D eigenvalue weighted by molar-refractivity contribution is 0.0586. The zero-order chi connectivity index (χ0) is 13.8. The van der Waals surface area contributed by atoms with Crippen molar-refractivity contribution in [2.75, 3.05) is 39.2 Å². The van der Waals surface area contributed by atoms with Gasteiger partial charge in [-0.25, -0.2) is 14.8 Å². The predicted molar refractivity (Wildman–Crippen MR) is 72.3 cm³/mol. The zero-order valence-corrected chi connectivity index (χ0v) is 11.7. The summed E-state index contributed by atoms with van der Waals surface area (Å²) in [5, 5.41) is 0. The number of esters is 1. The molecule has 0 spiro atoms. The van der Waals surface area contributed by atoms with E-state index < -0.39 is 5.97 Å². The number of anilines is 1. The molecule has 0 aliphatic carbocycles. The minimum Gasteiger partial charge on any atom is -0.463 e. The van der Waals surface area contributed by atoms with Gasteiger partial charge in [-0.05, 0) is 39.0 Å². The number of carbonyl (C=O) groups is 1. The Morgan fingerprint density at radius 2 is 2.16 bits per heavy atom. The number of likely N-dealkylation sites (tertiary alicyclic amines) is 1. The van der Waals surface area contributed by atoms with Crippen LogP contribution in [-0.2, 0) is 4.74 Å². The van der Waals surface area contributed by atoms with Gasteiger partial charge in [-0.15, -0.1) is 0 Å². The van der Waals surface area contributed by atoms with Crippen LogP contribution >= 0.6 is 0 Å². The Balaban J connectivity index is 2.10. The molecule has 2 rings (SSSR count). The molecule has 1 aliphatic rings. The number of nitrogens with zero attached hydrogens (tertiary/aromatic N) is 4. The van der Waals surface area contributed by atoms with E-state index in [4.69, 9.17) is 0 Å². The van der Waals surface area contributed by atoms with Crippen molar-refractivity contribution in [3.05, 3.63) is 18.1 Å². The maximum atomic E-state index is 11.4. The lowest BCUT2D eigenvalue weighted by Crippen LogP contribution is -2.42. The third-order valence-electron chi connectivity index (χ3n) is 3.61. The maximum Gasteiger partial charge on any atom is 0.376 e. The molecule has 0 saturated carbocycles. The summed E-state index contributed by atoms with van der Waals surface area (Å²) >= 11 is 0. The van der Waals surface area contributed by atoms with Gasteiger partial charge in [0.15, 0.2) is 0 Å². The standard InChI is InChI=1S/C13H20N4O2/c1-16-8-5-10(6-9-16)17(2)11-4-7-14-12(15-11)13(18)19-3/h4,7,10H,5-6,8-9H2,1-3H3. The molecule has 2 heterocycles. The van der Waals surface area contributed by atoms with Crippen molar-refractivity contribution < 1.29 is 9.53 Å². The third kappa shape index (κ3) is 3.20. The molecule has 0 aromatic carbocycles. The van der Waals surface area contributed by atoms with Gasteiger partial charge in [0.05, 0.1) is 7.11 Å². The van der Waals surface area contributed by atoms with Crippen molar-refractivity contribution in [2.45, 2.75) is 18.9 Å². The van der Waals surface area contributed by atoms with Crippen molar-refractivity contribution in [2.24, 2.45) is 0 Å². The second-order valence-electron chi connectivity index (χ2n) is 4.88. The second-order valence-corrected chi connectivity index (χ2v) is 4.88. The van der Waals surface area contributed by atoms with E-state index in [1.807, 2.05) is 13.1 Å². The van der Waals surface area contributed by atoms with Crippen LogP contribution in [0.4, 0.5) is 5.82 Å². The van der Waals surface area contributed by atoms with Gasteiger partial charge in [0.2, 0.25) is 5.82 Å². The Labute approximate surface area is 113 Å². The molecule has 1 fully saturated rings. The van der Waals surface area contributed by atoms with Crippen molar-refractivity contribution in [1.29, 1.82) is 0 Å². The highest BCUT2D eigenvalue weighted by atomic mass is 16.5. The number of methoxy groups -OCH3 is 1. The molecule has 6 nitrogen and oxygen atoms in total. The lowest BCUT2D eigenvalue weighted by atomic mass is 10.0. The topological polar surface area (TPSA) is 58.6 Å². The summed E-state index contributed by atoms with van der Waals surface area (Å²) in [6, 6.07) is 2.28. The number of hydrogen-bond acceptors (Lipinski definition) is 6. The minimum absolute atomic E-state index is 0.111. The molecule has 0 atom stereocenters. The predicted octanol–water partition coefficient (Wildman–Crippen LogP) is 0.794. The van der Waals surface area contributed by atoms with Gasteiger partial charge >= 0.3 is 5.97 Å². The van der Waals surface area contributed by atoms with Crippen LogP contribution in [0, 0.1) is 0 Å². The molecule has 0 amide bonds. The van der Waals surface area contributed by atoms with Crippen LogP contribution < -0.4 is 4.90 Å². The van der Waals surface area contributed by atoms with Gasteiger partial charge in [-0.1, -0.05) is 0 Å². The molecule has 1 aromatic rings. The van der Waals surface area contributed by atoms with E-state index in [9.17, 15) is 4.79 Å². The molecule has 6 heteroatoms. The molecule has 19 heavy (non-hydrogen) atoms. The fraction of sp³-hybridized carbons (Fsp3) is 0.615. The average molecular weight is 264 g/mol. The molecule has 0 bridgehead atoms. The normalized spacial score (nSPS) is 17.2. The largest absolute Gasteiger partial charge is 0.463 e. The summed E-state index contributed by atoms with van der Waals surface area (Å²) in [6.45, 7) is 2.17. The molecular formula is C13H20N4O2. The summed E-state index contributed by atoms with van der Waals surface area (Å²) < 4.78 is 4.64. The van der Waals surface area contributed by atoms with E-state index in [-0.39, 0.29) is 5.82 Å². The number of aromatic nitrogens is 2. The molecule has 0 unspecified atom stereocenters. The zero-order valence-electron chi connectivity index (χ0n) is 11.7. The Morgan fingerprint density at radius 3 is 2.79 bits per heavy atom. The molecular weight excluding hydrogens is 244 g/mol. The quantitative estimate of drug-likeness (QED) is 0.752. The van der Waals surface area contributed by atoms with Crippen LogP contribution in [0.15, 0.2) is 12.3 Å². The van der Waals surface area contributed by atoms with E-state index >= 15 is 0 Å². The fourth-order valence-electron chi connectivity index (χ4n) is 2.30.